The molecule has 3 amide bonds. The predicted octanol–water partition coefficient (Wildman–Crippen LogP) is 0.394. The molecule has 0 aromatic carbocycles. The van der Waals surface area contributed by atoms with E-state index in [4.69, 9.17) is 10.8 Å². The maximum atomic E-state index is 12.2. The lowest BCUT2D eigenvalue weighted by atomic mass is 9.94. The van der Waals surface area contributed by atoms with Crippen molar-refractivity contribution in [3.05, 3.63) is 0 Å². The molecule has 3 unspecified atom stereocenters. The first kappa shape index (κ1) is 15.6. The van der Waals surface area contributed by atoms with E-state index in [9.17, 15) is 14.4 Å². The predicted molar refractivity (Wildman–Crippen MR) is 75.4 cm³/mol. The molecular weight excluding hydrogens is 274 g/mol. The summed E-state index contributed by atoms with van der Waals surface area (Å²) in [7, 11) is 0. The smallest absolute Gasteiger partial charge is 0.314 e. The number of hydrogen-bond donors (Lipinski definition) is 3. The number of urea groups is 1. The third-order valence-corrected chi connectivity index (χ3v) is 4.62. The molecule has 0 spiro atoms. The molecule has 2 fully saturated rings. The van der Waals surface area contributed by atoms with Gasteiger partial charge in [0.25, 0.3) is 0 Å². The molecule has 1 aliphatic heterocycles. The summed E-state index contributed by atoms with van der Waals surface area (Å²) < 4.78 is 0. The highest BCUT2D eigenvalue weighted by Crippen LogP contribution is 2.31. The summed E-state index contributed by atoms with van der Waals surface area (Å²) in [5.74, 6) is -1.45. The molecule has 2 rings (SSSR count). The van der Waals surface area contributed by atoms with Gasteiger partial charge in [0.1, 0.15) is 0 Å². The van der Waals surface area contributed by atoms with E-state index < -0.39 is 12.0 Å². The Labute approximate surface area is 123 Å². The van der Waals surface area contributed by atoms with Crippen LogP contribution in [0.5, 0.6) is 0 Å². The Kier molecular flexibility index (Phi) is 5.03. The first-order valence-corrected chi connectivity index (χ1v) is 7.54. The summed E-state index contributed by atoms with van der Waals surface area (Å²) >= 11 is 0. The van der Waals surface area contributed by atoms with Crippen LogP contribution in [0.25, 0.3) is 0 Å². The van der Waals surface area contributed by atoms with Gasteiger partial charge in [-0.05, 0) is 31.6 Å². The normalized spacial score (nSPS) is 29.1. The Morgan fingerprint density at radius 2 is 1.95 bits per heavy atom. The number of nitrogens with two attached hydrogens (primary N) is 1. The van der Waals surface area contributed by atoms with E-state index >= 15 is 0 Å². The average molecular weight is 297 g/mol. The number of likely N-dealkylation sites (tertiary alicyclic amines) is 1. The van der Waals surface area contributed by atoms with Gasteiger partial charge in [0.05, 0.1) is 11.8 Å². The van der Waals surface area contributed by atoms with Crippen LogP contribution in [0.1, 0.15) is 32.1 Å². The Morgan fingerprint density at radius 3 is 2.62 bits per heavy atom. The number of nitrogens with one attached hydrogen (secondary N) is 1. The number of hydrogen-bond acceptors (Lipinski definition) is 3. The van der Waals surface area contributed by atoms with Gasteiger partial charge in [-0.25, -0.2) is 4.79 Å². The highest BCUT2D eigenvalue weighted by Gasteiger charge is 2.34. The minimum atomic E-state index is -0.774. The molecule has 0 aromatic heterocycles. The molecule has 7 heteroatoms. The third-order valence-electron chi connectivity index (χ3n) is 4.62. The fourth-order valence-corrected chi connectivity index (χ4v) is 3.37. The molecule has 0 bridgehead atoms. The van der Waals surface area contributed by atoms with Gasteiger partial charge in [-0.3, -0.25) is 9.59 Å². The van der Waals surface area contributed by atoms with Crippen molar-refractivity contribution < 1.29 is 19.5 Å². The van der Waals surface area contributed by atoms with Crippen LogP contribution < -0.4 is 11.1 Å². The minimum Gasteiger partial charge on any atom is -0.481 e. The lowest BCUT2D eigenvalue weighted by Crippen LogP contribution is -2.48. The van der Waals surface area contributed by atoms with Gasteiger partial charge in [-0.2, -0.15) is 0 Å². The van der Waals surface area contributed by atoms with Crippen molar-refractivity contribution >= 4 is 17.9 Å². The molecule has 4 N–H and O–H groups in total. The van der Waals surface area contributed by atoms with Crippen LogP contribution in [0.4, 0.5) is 4.79 Å². The molecule has 118 valence electrons. The van der Waals surface area contributed by atoms with Crippen molar-refractivity contribution in [1.29, 1.82) is 0 Å². The molecule has 1 saturated heterocycles. The fourth-order valence-electron chi connectivity index (χ4n) is 3.37. The zero-order valence-electron chi connectivity index (χ0n) is 12.1. The summed E-state index contributed by atoms with van der Waals surface area (Å²) in [5.41, 5.74) is 5.24. The Bertz CT molecular complexity index is 426. The van der Waals surface area contributed by atoms with Crippen LogP contribution in [-0.2, 0) is 9.59 Å². The van der Waals surface area contributed by atoms with E-state index in [2.05, 4.69) is 5.32 Å². The van der Waals surface area contributed by atoms with Crippen LogP contribution in [-0.4, -0.2) is 47.5 Å². The Hall–Kier alpha value is -1.79. The minimum absolute atomic E-state index is 0.0160. The van der Waals surface area contributed by atoms with E-state index in [0.717, 1.165) is 25.7 Å². The van der Waals surface area contributed by atoms with Gasteiger partial charge in [0.2, 0.25) is 5.91 Å². The van der Waals surface area contributed by atoms with E-state index in [1.807, 2.05) is 0 Å². The fraction of sp³-hybridized carbons (Fsp3) is 0.786. The molecule has 1 saturated carbocycles. The van der Waals surface area contributed by atoms with Gasteiger partial charge in [0, 0.05) is 19.6 Å². The van der Waals surface area contributed by atoms with Crippen LogP contribution in [0.3, 0.4) is 0 Å². The van der Waals surface area contributed by atoms with Crippen molar-refractivity contribution in [1.82, 2.24) is 10.2 Å². The van der Waals surface area contributed by atoms with Crippen molar-refractivity contribution in [3.63, 3.8) is 0 Å². The first-order chi connectivity index (χ1) is 9.99. The summed E-state index contributed by atoms with van der Waals surface area (Å²) in [6, 6.07) is -0.491. The van der Waals surface area contributed by atoms with Gasteiger partial charge >= 0.3 is 12.0 Å². The van der Waals surface area contributed by atoms with Crippen molar-refractivity contribution in [2.75, 3.05) is 19.6 Å². The molecule has 21 heavy (non-hydrogen) atoms. The largest absolute Gasteiger partial charge is 0.481 e. The molecule has 2 aliphatic rings. The maximum Gasteiger partial charge on any atom is 0.314 e. The first-order valence-electron chi connectivity index (χ1n) is 7.54. The van der Waals surface area contributed by atoms with Gasteiger partial charge in [-0.15, -0.1) is 0 Å². The van der Waals surface area contributed by atoms with E-state index in [0.29, 0.717) is 26.1 Å². The maximum absolute atomic E-state index is 12.2. The van der Waals surface area contributed by atoms with E-state index in [1.54, 1.807) is 0 Å². The summed E-state index contributed by atoms with van der Waals surface area (Å²) in [4.78, 5) is 35.9. The van der Waals surface area contributed by atoms with Gasteiger partial charge in [-0.1, -0.05) is 6.42 Å². The number of piperidine rings is 1. The number of amides is 3. The zero-order valence-corrected chi connectivity index (χ0v) is 12.1. The highest BCUT2D eigenvalue weighted by atomic mass is 16.4. The Balaban J connectivity index is 1.81. The monoisotopic (exact) mass is 297 g/mol. The van der Waals surface area contributed by atoms with E-state index in [1.165, 1.54) is 4.90 Å². The molecule has 1 heterocycles. The Morgan fingerprint density at radius 1 is 1.19 bits per heavy atom. The zero-order chi connectivity index (χ0) is 15.4. The number of carboxylic acids is 1. The standard InChI is InChI=1S/C14H23N3O4/c15-14(21)17-6-2-4-10(8-17)12(18)16-7-9-3-1-5-11(9)13(19)20/h9-11H,1-8H2,(H2,15,21)(H,16,18)(H,19,20). The lowest BCUT2D eigenvalue weighted by Gasteiger charge is -2.31. The molecule has 1 aliphatic carbocycles. The highest BCUT2D eigenvalue weighted by molar-refractivity contribution is 5.80. The van der Waals surface area contributed by atoms with Crippen molar-refractivity contribution in [2.45, 2.75) is 32.1 Å². The van der Waals surface area contributed by atoms with Crippen LogP contribution in [0.15, 0.2) is 0 Å². The van der Waals surface area contributed by atoms with Crippen LogP contribution in [0.2, 0.25) is 0 Å². The average Bonchev–Trinajstić information content (AvgIpc) is 2.93. The summed E-state index contributed by atoms with van der Waals surface area (Å²) in [5, 5.41) is 12.0. The van der Waals surface area contributed by atoms with Gasteiger partial charge in [0.15, 0.2) is 0 Å². The number of carbonyl (C=O) groups is 3. The third kappa shape index (κ3) is 3.86. The number of rotatable bonds is 4. The second kappa shape index (κ2) is 6.78. The summed E-state index contributed by atoms with van der Waals surface area (Å²) in [6.45, 7) is 1.36. The van der Waals surface area contributed by atoms with Gasteiger partial charge < -0.3 is 21.1 Å². The summed E-state index contributed by atoms with van der Waals surface area (Å²) in [6.07, 6.45) is 3.94. The number of nitrogens with zero attached hydrogens (tertiary/aromatic N) is 1. The van der Waals surface area contributed by atoms with Crippen LogP contribution >= 0.6 is 0 Å². The lowest BCUT2D eigenvalue weighted by molar-refractivity contribution is -0.143. The molecule has 0 radical (unpaired) electrons. The molecule has 3 atom stereocenters. The number of carboxylic acid groups (broad SMARTS) is 1. The van der Waals surface area contributed by atoms with Crippen LogP contribution in [0, 0.1) is 17.8 Å². The van der Waals surface area contributed by atoms with Crippen molar-refractivity contribution in [3.8, 4) is 0 Å². The SMILES string of the molecule is NC(=O)N1CCCC(C(=O)NCC2CCCC2C(=O)O)C1. The molecule has 0 aromatic rings. The number of carbonyl (C=O) groups excluding carboxylic acids is 2. The topological polar surface area (TPSA) is 113 Å². The molecular formula is C14H23N3O4. The molecule has 7 nitrogen and oxygen atoms in total. The van der Waals surface area contributed by atoms with Crippen molar-refractivity contribution in [2.24, 2.45) is 23.5 Å². The van der Waals surface area contributed by atoms with E-state index in [-0.39, 0.29) is 23.7 Å². The second-order valence-corrected chi connectivity index (χ2v) is 6.00. The number of aliphatic carboxylic acids is 1. The number of primary amides is 1. The quantitative estimate of drug-likeness (QED) is 0.696. The second-order valence-electron chi connectivity index (χ2n) is 6.00.